The molecule has 1 aromatic carbocycles. The number of piperazine rings is 1. The first-order valence-electron chi connectivity index (χ1n) is 11.9. The number of nitrogens with one attached hydrogen (secondary N) is 2. The van der Waals surface area contributed by atoms with Crippen LogP contribution in [0.2, 0.25) is 0 Å². The van der Waals surface area contributed by atoms with E-state index >= 15 is 0 Å². The van der Waals surface area contributed by atoms with E-state index in [9.17, 15) is 18.3 Å². The molecule has 1 saturated heterocycles. The van der Waals surface area contributed by atoms with Crippen molar-refractivity contribution < 1.29 is 18.3 Å². The molecule has 4 heterocycles. The van der Waals surface area contributed by atoms with E-state index in [1.54, 1.807) is 36.4 Å². The Bertz CT molecular complexity index is 1630. The summed E-state index contributed by atoms with van der Waals surface area (Å²) < 4.78 is 27.5. The molecule has 0 radical (unpaired) electrons. The van der Waals surface area contributed by atoms with Crippen LogP contribution in [0.1, 0.15) is 21.6 Å². The van der Waals surface area contributed by atoms with Crippen LogP contribution in [0, 0.1) is 11.3 Å². The minimum absolute atomic E-state index is 0.0848. The molecule has 5 rings (SSSR count). The number of rotatable bonds is 6. The molecule has 1 amide bonds. The van der Waals surface area contributed by atoms with E-state index in [-0.39, 0.29) is 23.2 Å². The van der Waals surface area contributed by atoms with E-state index in [0.29, 0.717) is 65.2 Å². The van der Waals surface area contributed by atoms with Crippen molar-refractivity contribution in [2.45, 2.75) is 11.4 Å². The lowest BCUT2D eigenvalue weighted by Gasteiger charge is -2.31. The highest BCUT2D eigenvalue weighted by Crippen LogP contribution is 2.36. The third-order valence-electron chi connectivity index (χ3n) is 6.52. The molecule has 0 atom stereocenters. The first-order chi connectivity index (χ1) is 18.3. The van der Waals surface area contributed by atoms with Crippen LogP contribution in [-0.4, -0.2) is 76.8 Å². The normalized spacial score (nSPS) is 14.8. The molecule has 3 N–H and O–H groups in total. The number of likely N-dealkylation sites (N-methyl/N-ethyl adjacent to an activating group) is 1. The largest absolute Gasteiger partial charge is 0.494 e. The SMILES string of the molecule is CN1CCN(S(=O)(=O)c2ccc(-c3c(O)[nH]c4ccc(C(=O)NCc5ccc(C#N)cn5)cc34)nc2)CC1. The van der Waals surface area contributed by atoms with Gasteiger partial charge in [-0.2, -0.15) is 9.57 Å². The monoisotopic (exact) mass is 531 g/mol. The number of aromatic hydroxyl groups is 1. The molecule has 194 valence electrons. The fourth-order valence-corrected chi connectivity index (χ4v) is 5.67. The number of nitrogens with zero attached hydrogens (tertiary/aromatic N) is 5. The Labute approximate surface area is 219 Å². The number of amides is 1. The quantitative estimate of drug-likeness (QED) is 0.341. The summed E-state index contributed by atoms with van der Waals surface area (Å²) in [6.07, 6.45) is 2.74. The smallest absolute Gasteiger partial charge is 0.251 e. The highest BCUT2D eigenvalue weighted by molar-refractivity contribution is 7.89. The fourth-order valence-electron chi connectivity index (χ4n) is 4.30. The van der Waals surface area contributed by atoms with E-state index < -0.39 is 10.0 Å². The predicted octanol–water partition coefficient (Wildman–Crippen LogP) is 2.07. The Hall–Kier alpha value is -4.31. The maximum absolute atomic E-state index is 13.0. The second-order valence-corrected chi connectivity index (χ2v) is 11.0. The number of H-pyrrole nitrogens is 1. The molecule has 3 aromatic heterocycles. The zero-order valence-corrected chi connectivity index (χ0v) is 21.4. The number of carbonyl (C=O) groups is 1. The minimum atomic E-state index is -3.67. The molecular weight excluding hydrogens is 506 g/mol. The lowest BCUT2D eigenvalue weighted by Crippen LogP contribution is -2.47. The first-order valence-corrected chi connectivity index (χ1v) is 13.3. The van der Waals surface area contributed by atoms with Crippen LogP contribution in [0.3, 0.4) is 0 Å². The van der Waals surface area contributed by atoms with Crippen molar-refractivity contribution in [1.82, 2.24) is 29.5 Å². The van der Waals surface area contributed by atoms with Gasteiger partial charge in [0.1, 0.15) is 11.0 Å². The van der Waals surface area contributed by atoms with Crippen LogP contribution < -0.4 is 5.32 Å². The summed E-state index contributed by atoms with van der Waals surface area (Å²) in [4.78, 5) is 26.3. The van der Waals surface area contributed by atoms with Gasteiger partial charge in [0.15, 0.2) is 5.88 Å². The van der Waals surface area contributed by atoms with Crippen molar-refractivity contribution in [3.05, 3.63) is 71.7 Å². The average Bonchev–Trinajstić information content (AvgIpc) is 3.27. The minimum Gasteiger partial charge on any atom is -0.494 e. The van der Waals surface area contributed by atoms with Crippen molar-refractivity contribution >= 4 is 26.8 Å². The molecule has 0 saturated carbocycles. The van der Waals surface area contributed by atoms with Gasteiger partial charge in [0.2, 0.25) is 10.0 Å². The summed E-state index contributed by atoms with van der Waals surface area (Å²) in [5.74, 6) is -0.479. The van der Waals surface area contributed by atoms with Gasteiger partial charge in [-0.25, -0.2) is 8.42 Å². The molecule has 38 heavy (non-hydrogen) atoms. The molecule has 0 bridgehead atoms. The van der Waals surface area contributed by atoms with Gasteiger partial charge in [0.25, 0.3) is 5.91 Å². The van der Waals surface area contributed by atoms with Crippen molar-refractivity contribution in [3.8, 4) is 23.2 Å². The highest BCUT2D eigenvalue weighted by atomic mass is 32.2. The Morgan fingerprint density at radius 3 is 2.55 bits per heavy atom. The summed E-state index contributed by atoms with van der Waals surface area (Å²) >= 11 is 0. The van der Waals surface area contributed by atoms with Crippen LogP contribution in [0.5, 0.6) is 5.88 Å². The standard InChI is InChI=1S/C26H25N7O4S/c1-32-8-10-33(11-9-32)38(36,37)20-5-7-23(29-16-20)24-21-12-18(3-6-22(21)31-26(24)35)25(34)30-15-19-4-2-17(13-27)14-28-19/h2-7,12,14,16,31,35H,8-11,15H2,1H3,(H,30,34). The van der Waals surface area contributed by atoms with E-state index in [2.05, 4.69) is 25.2 Å². The lowest BCUT2D eigenvalue weighted by atomic mass is 10.1. The Balaban J connectivity index is 1.38. The number of aromatic amines is 1. The zero-order valence-electron chi connectivity index (χ0n) is 20.5. The highest BCUT2D eigenvalue weighted by Gasteiger charge is 2.28. The molecule has 1 aliphatic heterocycles. The molecule has 0 unspecified atom stereocenters. The van der Waals surface area contributed by atoms with Crippen LogP contribution in [0.15, 0.2) is 59.8 Å². The zero-order chi connectivity index (χ0) is 26.9. The van der Waals surface area contributed by atoms with Gasteiger partial charge in [-0.05, 0) is 49.5 Å². The molecule has 4 aromatic rings. The number of fused-ring (bicyclic) bond motifs is 1. The number of benzene rings is 1. The predicted molar refractivity (Wildman–Crippen MR) is 140 cm³/mol. The second kappa shape index (κ2) is 10.2. The molecule has 0 aliphatic carbocycles. The number of hydrogen-bond donors (Lipinski definition) is 3. The summed E-state index contributed by atoms with van der Waals surface area (Å²) in [5, 5.41) is 22.9. The molecular formula is C26H25N7O4S. The maximum Gasteiger partial charge on any atom is 0.251 e. The van der Waals surface area contributed by atoms with Gasteiger partial charge in [-0.15, -0.1) is 0 Å². The maximum atomic E-state index is 13.0. The summed E-state index contributed by atoms with van der Waals surface area (Å²) in [6, 6.07) is 13.3. The van der Waals surface area contributed by atoms with Crippen LogP contribution in [-0.2, 0) is 16.6 Å². The topological polar surface area (TPSA) is 155 Å². The number of sulfonamides is 1. The Morgan fingerprint density at radius 1 is 1.11 bits per heavy atom. The number of carbonyl (C=O) groups excluding carboxylic acids is 1. The molecule has 0 spiro atoms. The third kappa shape index (κ3) is 4.95. The molecule has 12 heteroatoms. The lowest BCUT2D eigenvalue weighted by molar-refractivity contribution is 0.0950. The number of pyridine rings is 2. The number of nitriles is 1. The molecule has 1 fully saturated rings. The van der Waals surface area contributed by atoms with Gasteiger partial charge in [0.05, 0.1) is 29.1 Å². The van der Waals surface area contributed by atoms with Crippen LogP contribution >= 0.6 is 0 Å². The summed E-state index contributed by atoms with van der Waals surface area (Å²) in [5.41, 5.74) is 2.73. The summed E-state index contributed by atoms with van der Waals surface area (Å²) in [6.45, 7) is 2.33. The van der Waals surface area contributed by atoms with Gasteiger partial charge in [-0.1, -0.05) is 0 Å². The van der Waals surface area contributed by atoms with E-state index in [4.69, 9.17) is 5.26 Å². The van der Waals surface area contributed by atoms with Crippen molar-refractivity contribution in [2.75, 3.05) is 33.2 Å². The number of hydrogen-bond acceptors (Lipinski definition) is 8. The van der Waals surface area contributed by atoms with Crippen LogP contribution in [0.4, 0.5) is 0 Å². The van der Waals surface area contributed by atoms with E-state index in [1.807, 2.05) is 13.1 Å². The van der Waals surface area contributed by atoms with Gasteiger partial charge in [0, 0.05) is 55.0 Å². The van der Waals surface area contributed by atoms with Crippen LogP contribution in [0.25, 0.3) is 22.2 Å². The first kappa shape index (κ1) is 25.3. The van der Waals surface area contributed by atoms with Crippen molar-refractivity contribution in [1.29, 1.82) is 5.26 Å². The molecule has 11 nitrogen and oxygen atoms in total. The van der Waals surface area contributed by atoms with Crippen molar-refractivity contribution in [2.24, 2.45) is 0 Å². The average molecular weight is 532 g/mol. The summed E-state index contributed by atoms with van der Waals surface area (Å²) in [7, 11) is -1.72. The van der Waals surface area contributed by atoms with Gasteiger partial charge >= 0.3 is 0 Å². The van der Waals surface area contributed by atoms with Gasteiger partial charge < -0.3 is 20.3 Å². The fraction of sp³-hybridized carbons (Fsp3) is 0.231. The van der Waals surface area contributed by atoms with Gasteiger partial charge in [-0.3, -0.25) is 14.8 Å². The van der Waals surface area contributed by atoms with E-state index in [0.717, 1.165) is 0 Å². The Morgan fingerprint density at radius 2 is 1.89 bits per heavy atom. The third-order valence-corrected chi connectivity index (χ3v) is 8.40. The van der Waals surface area contributed by atoms with E-state index in [1.165, 1.54) is 22.8 Å². The molecule has 1 aliphatic rings. The van der Waals surface area contributed by atoms with Crippen molar-refractivity contribution in [3.63, 3.8) is 0 Å². The Kier molecular flexibility index (Phi) is 6.81. The second-order valence-electron chi connectivity index (χ2n) is 9.03. The number of aromatic nitrogens is 3.